The van der Waals surface area contributed by atoms with Gasteiger partial charge in [0.05, 0.1) is 0 Å². The van der Waals surface area contributed by atoms with Crippen molar-refractivity contribution >= 4 is 6.29 Å². The van der Waals surface area contributed by atoms with Gasteiger partial charge in [-0.1, -0.05) is 30.3 Å². The highest BCUT2D eigenvalue weighted by molar-refractivity contribution is 5.79. The van der Waals surface area contributed by atoms with Crippen LogP contribution in [0.2, 0.25) is 0 Å². The number of rotatable bonds is 2. The van der Waals surface area contributed by atoms with Crippen LogP contribution in [0.4, 0.5) is 0 Å². The van der Waals surface area contributed by atoms with Crippen molar-refractivity contribution in [3.05, 3.63) is 52.4 Å². The number of hydrogen-bond acceptors (Lipinski definition) is 4. The van der Waals surface area contributed by atoms with Gasteiger partial charge in [0.1, 0.15) is 17.1 Å². The van der Waals surface area contributed by atoms with E-state index in [9.17, 15) is 14.7 Å². The van der Waals surface area contributed by atoms with Gasteiger partial charge < -0.3 is 9.52 Å². The molecule has 0 aliphatic rings. The maximum atomic E-state index is 11.3. The van der Waals surface area contributed by atoms with E-state index in [-0.39, 0.29) is 23.4 Å². The highest BCUT2D eigenvalue weighted by Crippen LogP contribution is 2.22. The second-order valence-corrected chi connectivity index (χ2v) is 3.18. The predicted octanol–water partition coefficient (Wildman–Crippen LogP) is 1.82. The van der Waals surface area contributed by atoms with Crippen LogP contribution in [0.3, 0.4) is 0 Å². The molecule has 1 N–H and O–H groups in total. The second-order valence-electron chi connectivity index (χ2n) is 3.18. The van der Waals surface area contributed by atoms with Gasteiger partial charge in [0.2, 0.25) is 0 Å². The van der Waals surface area contributed by atoms with E-state index in [0.717, 1.165) is 0 Å². The number of hydrogen-bond donors (Lipinski definition) is 1. The van der Waals surface area contributed by atoms with E-state index < -0.39 is 5.63 Å². The first-order chi connectivity index (χ1) is 7.72. The zero-order valence-electron chi connectivity index (χ0n) is 8.21. The van der Waals surface area contributed by atoms with E-state index in [1.807, 2.05) is 6.07 Å². The Morgan fingerprint density at radius 3 is 2.44 bits per heavy atom. The molecule has 0 fully saturated rings. The van der Waals surface area contributed by atoms with Gasteiger partial charge in [-0.3, -0.25) is 4.79 Å². The summed E-state index contributed by atoms with van der Waals surface area (Å²) in [4.78, 5) is 21.8. The molecule has 1 aromatic carbocycles. The van der Waals surface area contributed by atoms with Gasteiger partial charge in [-0.15, -0.1) is 0 Å². The number of carbonyl (C=O) groups excluding carboxylic acids is 1. The van der Waals surface area contributed by atoms with Crippen molar-refractivity contribution in [2.45, 2.75) is 0 Å². The van der Waals surface area contributed by atoms with Crippen LogP contribution >= 0.6 is 0 Å². The van der Waals surface area contributed by atoms with Crippen LogP contribution in [0.25, 0.3) is 11.3 Å². The van der Waals surface area contributed by atoms with E-state index >= 15 is 0 Å². The minimum atomic E-state index is -0.839. The van der Waals surface area contributed by atoms with E-state index in [4.69, 9.17) is 4.42 Å². The number of aldehydes is 1. The molecule has 0 spiro atoms. The lowest BCUT2D eigenvalue weighted by Crippen LogP contribution is -2.06. The van der Waals surface area contributed by atoms with E-state index in [2.05, 4.69) is 0 Å². The maximum Gasteiger partial charge on any atom is 0.350 e. The van der Waals surface area contributed by atoms with Crippen molar-refractivity contribution < 1.29 is 14.3 Å². The van der Waals surface area contributed by atoms with Crippen molar-refractivity contribution in [2.24, 2.45) is 0 Å². The number of carbonyl (C=O) groups is 1. The van der Waals surface area contributed by atoms with Crippen LogP contribution in [0.5, 0.6) is 5.75 Å². The van der Waals surface area contributed by atoms with Crippen molar-refractivity contribution in [1.82, 2.24) is 0 Å². The lowest BCUT2D eigenvalue weighted by atomic mass is 10.1. The van der Waals surface area contributed by atoms with Crippen LogP contribution in [-0.4, -0.2) is 11.4 Å². The lowest BCUT2D eigenvalue weighted by Gasteiger charge is -2.01. The normalized spacial score (nSPS) is 10.0. The van der Waals surface area contributed by atoms with Crippen molar-refractivity contribution in [2.75, 3.05) is 0 Å². The first-order valence-electron chi connectivity index (χ1n) is 4.60. The van der Waals surface area contributed by atoms with E-state index in [0.29, 0.717) is 5.56 Å². The topological polar surface area (TPSA) is 67.5 Å². The minimum Gasteiger partial charge on any atom is -0.507 e. The molecule has 0 radical (unpaired) electrons. The number of aromatic hydroxyl groups is 1. The van der Waals surface area contributed by atoms with Gasteiger partial charge in [-0.05, 0) is 0 Å². The van der Waals surface area contributed by atoms with Gasteiger partial charge >= 0.3 is 5.63 Å². The predicted molar refractivity (Wildman–Crippen MR) is 57.5 cm³/mol. The van der Waals surface area contributed by atoms with Crippen LogP contribution < -0.4 is 5.63 Å². The third kappa shape index (κ3) is 1.72. The summed E-state index contributed by atoms with van der Waals surface area (Å²) >= 11 is 0. The Bertz CT molecular complexity index is 569. The molecule has 1 heterocycles. The largest absolute Gasteiger partial charge is 0.507 e. The standard InChI is InChI=1S/C12H8O4/c13-7-9-10(14)6-11(16-12(9)15)8-4-2-1-3-5-8/h1-7,14H. The maximum absolute atomic E-state index is 11.3. The molecule has 0 saturated carbocycles. The average molecular weight is 216 g/mol. The molecule has 1 aromatic heterocycles. The quantitative estimate of drug-likeness (QED) is 0.777. The molecule has 0 aliphatic heterocycles. The van der Waals surface area contributed by atoms with E-state index in [1.54, 1.807) is 24.3 Å². The monoisotopic (exact) mass is 216 g/mol. The molecule has 0 aliphatic carbocycles. The zero-order valence-corrected chi connectivity index (χ0v) is 8.21. The summed E-state index contributed by atoms with van der Waals surface area (Å²) in [7, 11) is 0. The van der Waals surface area contributed by atoms with Crippen molar-refractivity contribution in [1.29, 1.82) is 0 Å². The summed E-state index contributed by atoms with van der Waals surface area (Å²) in [5.41, 5.74) is -0.541. The third-order valence-corrected chi connectivity index (χ3v) is 2.14. The summed E-state index contributed by atoms with van der Waals surface area (Å²) in [6.45, 7) is 0. The molecule has 4 nitrogen and oxygen atoms in total. The molecule has 80 valence electrons. The van der Waals surface area contributed by atoms with Crippen LogP contribution in [0.1, 0.15) is 10.4 Å². The highest BCUT2D eigenvalue weighted by atomic mass is 16.4. The van der Waals surface area contributed by atoms with E-state index in [1.165, 1.54) is 6.07 Å². The molecular weight excluding hydrogens is 208 g/mol. The summed E-state index contributed by atoms with van der Waals surface area (Å²) < 4.78 is 4.92. The van der Waals surface area contributed by atoms with Crippen molar-refractivity contribution in [3.63, 3.8) is 0 Å². The Kier molecular flexibility index (Phi) is 2.55. The fourth-order valence-corrected chi connectivity index (χ4v) is 1.34. The summed E-state index contributed by atoms with van der Waals surface area (Å²) in [6.07, 6.45) is 0.274. The SMILES string of the molecule is O=Cc1c(O)cc(-c2ccccc2)oc1=O. The van der Waals surface area contributed by atoms with Gasteiger partial charge in [0.15, 0.2) is 6.29 Å². The van der Waals surface area contributed by atoms with Crippen LogP contribution in [0, 0.1) is 0 Å². The summed E-state index contributed by atoms with van der Waals surface area (Å²) in [5.74, 6) is -0.140. The average Bonchev–Trinajstić information content (AvgIpc) is 2.30. The minimum absolute atomic E-state index is 0.230. The fraction of sp³-hybridized carbons (Fsp3) is 0. The van der Waals surface area contributed by atoms with Gasteiger partial charge in [0, 0.05) is 11.6 Å². The summed E-state index contributed by atoms with van der Waals surface area (Å²) in [5, 5.41) is 9.44. The molecule has 0 amide bonds. The lowest BCUT2D eigenvalue weighted by molar-refractivity contribution is 0.111. The Morgan fingerprint density at radius 1 is 1.19 bits per heavy atom. The molecule has 2 rings (SSSR count). The Morgan fingerprint density at radius 2 is 1.88 bits per heavy atom. The van der Waals surface area contributed by atoms with Crippen LogP contribution in [0.15, 0.2) is 45.6 Å². The second kappa shape index (κ2) is 4.02. The first kappa shape index (κ1) is 10.2. The van der Waals surface area contributed by atoms with Crippen molar-refractivity contribution in [3.8, 4) is 17.1 Å². The Hall–Kier alpha value is -2.36. The Balaban J connectivity index is 2.62. The molecule has 0 bridgehead atoms. The zero-order chi connectivity index (χ0) is 11.5. The molecule has 4 heteroatoms. The van der Waals surface area contributed by atoms with Gasteiger partial charge in [-0.25, -0.2) is 4.79 Å². The molecular formula is C12H8O4. The van der Waals surface area contributed by atoms with Gasteiger partial charge in [0.25, 0.3) is 0 Å². The first-order valence-corrected chi connectivity index (χ1v) is 4.60. The molecule has 16 heavy (non-hydrogen) atoms. The molecule has 2 aromatic rings. The Labute approximate surface area is 90.8 Å². The smallest absolute Gasteiger partial charge is 0.350 e. The summed E-state index contributed by atoms with van der Waals surface area (Å²) in [6, 6.07) is 10.1. The fourth-order valence-electron chi connectivity index (χ4n) is 1.34. The van der Waals surface area contributed by atoms with Crippen LogP contribution in [-0.2, 0) is 0 Å². The molecule has 0 unspecified atom stereocenters. The van der Waals surface area contributed by atoms with Gasteiger partial charge in [-0.2, -0.15) is 0 Å². The molecule has 0 atom stereocenters. The highest BCUT2D eigenvalue weighted by Gasteiger charge is 2.10. The number of benzene rings is 1. The third-order valence-electron chi connectivity index (χ3n) is 2.14. The molecule has 0 saturated heterocycles.